The number of nitrogens with one attached hydrogen (secondary N) is 1. The topological polar surface area (TPSA) is 49.4 Å². The Morgan fingerprint density at radius 3 is 2.56 bits per heavy atom. The lowest BCUT2D eigenvalue weighted by Crippen LogP contribution is -2.45. The highest BCUT2D eigenvalue weighted by Gasteiger charge is 2.22. The first-order valence-electron chi connectivity index (χ1n) is 5.88. The first-order valence-corrected chi connectivity index (χ1v) is 7.49. The summed E-state index contributed by atoms with van der Waals surface area (Å²) in [6.45, 7) is 3.05. The van der Waals surface area contributed by atoms with E-state index in [0.717, 1.165) is 34.6 Å². The third kappa shape index (κ3) is 3.32. The number of piperidine rings is 1. The molecule has 0 unspecified atom stereocenters. The van der Waals surface area contributed by atoms with Crippen LogP contribution in [-0.4, -0.2) is 35.8 Å². The van der Waals surface area contributed by atoms with Crippen molar-refractivity contribution in [3.8, 4) is 0 Å². The molecule has 2 rings (SSSR count). The molecule has 0 saturated carbocycles. The van der Waals surface area contributed by atoms with Crippen LogP contribution in [0.2, 0.25) is 0 Å². The van der Waals surface area contributed by atoms with Gasteiger partial charge in [-0.1, -0.05) is 0 Å². The Balaban J connectivity index is 1.85. The fourth-order valence-corrected chi connectivity index (χ4v) is 3.32. The van der Waals surface area contributed by atoms with E-state index in [1.807, 2.05) is 17.0 Å². The van der Waals surface area contributed by atoms with Gasteiger partial charge in [-0.25, -0.2) is 0 Å². The maximum absolute atomic E-state index is 11.9. The number of halogens is 1. The van der Waals surface area contributed by atoms with E-state index in [4.69, 9.17) is 0 Å². The molecule has 0 aliphatic carbocycles. The molecule has 18 heavy (non-hydrogen) atoms. The predicted octanol–water partition coefficient (Wildman–Crippen LogP) is 2.25. The highest BCUT2D eigenvalue weighted by Crippen LogP contribution is 2.22. The summed E-state index contributed by atoms with van der Waals surface area (Å²) in [6, 6.07) is 3.86. The molecule has 1 saturated heterocycles. The second-order valence-corrected chi connectivity index (χ2v) is 6.82. The monoisotopic (exact) mass is 330 g/mol. The molecule has 1 aromatic rings. The summed E-state index contributed by atoms with van der Waals surface area (Å²) >= 11 is 4.77. The van der Waals surface area contributed by atoms with E-state index in [9.17, 15) is 9.59 Å². The molecule has 1 aromatic heterocycles. The SMILES string of the molecule is CC(=O)N1CCC(NC(=O)c2ccc(Br)s2)CC1. The highest BCUT2D eigenvalue weighted by molar-refractivity contribution is 9.11. The minimum Gasteiger partial charge on any atom is -0.348 e. The van der Waals surface area contributed by atoms with E-state index in [-0.39, 0.29) is 17.9 Å². The number of likely N-dealkylation sites (tertiary alicyclic amines) is 1. The minimum absolute atomic E-state index is 0.0213. The third-order valence-electron chi connectivity index (χ3n) is 3.07. The molecule has 6 heteroatoms. The molecule has 1 N–H and O–H groups in total. The van der Waals surface area contributed by atoms with Crippen molar-refractivity contribution in [1.29, 1.82) is 0 Å². The summed E-state index contributed by atoms with van der Waals surface area (Å²) in [7, 11) is 0. The number of hydrogen-bond acceptors (Lipinski definition) is 3. The van der Waals surface area contributed by atoms with Crippen molar-refractivity contribution in [2.24, 2.45) is 0 Å². The summed E-state index contributed by atoms with van der Waals surface area (Å²) in [5.41, 5.74) is 0. The Morgan fingerprint density at radius 2 is 2.06 bits per heavy atom. The summed E-state index contributed by atoms with van der Waals surface area (Å²) in [4.78, 5) is 25.7. The molecule has 0 atom stereocenters. The zero-order chi connectivity index (χ0) is 13.1. The number of hydrogen-bond donors (Lipinski definition) is 1. The number of amides is 2. The first-order chi connectivity index (χ1) is 8.56. The summed E-state index contributed by atoms with van der Waals surface area (Å²) in [5, 5.41) is 3.02. The van der Waals surface area contributed by atoms with Gasteiger partial charge in [0.05, 0.1) is 8.66 Å². The van der Waals surface area contributed by atoms with Crippen molar-refractivity contribution in [2.75, 3.05) is 13.1 Å². The largest absolute Gasteiger partial charge is 0.348 e. The molecule has 1 fully saturated rings. The predicted molar refractivity (Wildman–Crippen MR) is 74.8 cm³/mol. The van der Waals surface area contributed by atoms with Crippen LogP contribution in [0.1, 0.15) is 29.4 Å². The average molecular weight is 331 g/mol. The second-order valence-electron chi connectivity index (χ2n) is 4.36. The van der Waals surface area contributed by atoms with Gasteiger partial charge in [0, 0.05) is 26.1 Å². The first kappa shape index (κ1) is 13.5. The van der Waals surface area contributed by atoms with Gasteiger partial charge in [-0.05, 0) is 40.9 Å². The molecule has 0 bridgehead atoms. The normalized spacial score (nSPS) is 16.7. The quantitative estimate of drug-likeness (QED) is 0.904. The van der Waals surface area contributed by atoms with Gasteiger partial charge in [0.25, 0.3) is 5.91 Å². The average Bonchev–Trinajstić information content (AvgIpc) is 2.76. The van der Waals surface area contributed by atoms with Crippen molar-refractivity contribution in [3.63, 3.8) is 0 Å². The third-order valence-corrected chi connectivity index (χ3v) is 4.69. The van der Waals surface area contributed by atoms with Crippen LogP contribution in [0.4, 0.5) is 0 Å². The molecular formula is C12H15BrN2O2S. The Kier molecular flexibility index (Phi) is 4.40. The van der Waals surface area contributed by atoms with E-state index in [1.165, 1.54) is 11.3 Å². The van der Waals surface area contributed by atoms with Crippen molar-refractivity contribution in [3.05, 3.63) is 20.8 Å². The van der Waals surface area contributed by atoms with Crippen LogP contribution in [0.15, 0.2) is 15.9 Å². The fraction of sp³-hybridized carbons (Fsp3) is 0.500. The van der Waals surface area contributed by atoms with Crippen LogP contribution in [0.5, 0.6) is 0 Å². The van der Waals surface area contributed by atoms with Crippen molar-refractivity contribution >= 4 is 39.1 Å². The molecule has 2 amide bonds. The van der Waals surface area contributed by atoms with Gasteiger partial charge in [-0.3, -0.25) is 9.59 Å². The van der Waals surface area contributed by atoms with E-state index in [1.54, 1.807) is 6.92 Å². The van der Waals surface area contributed by atoms with E-state index < -0.39 is 0 Å². The summed E-state index contributed by atoms with van der Waals surface area (Å²) in [6.07, 6.45) is 1.66. The van der Waals surface area contributed by atoms with Gasteiger partial charge >= 0.3 is 0 Å². The van der Waals surface area contributed by atoms with Gasteiger partial charge in [-0.2, -0.15) is 0 Å². The van der Waals surface area contributed by atoms with Gasteiger partial charge in [0.2, 0.25) is 5.91 Å². The summed E-state index contributed by atoms with van der Waals surface area (Å²) < 4.78 is 0.957. The Hall–Kier alpha value is -0.880. The minimum atomic E-state index is -0.0213. The van der Waals surface area contributed by atoms with Crippen LogP contribution >= 0.6 is 27.3 Å². The molecule has 1 aliphatic heterocycles. The Morgan fingerprint density at radius 1 is 1.39 bits per heavy atom. The standard InChI is InChI=1S/C12H15BrN2O2S/c1-8(16)15-6-4-9(5-7-15)14-12(17)10-2-3-11(13)18-10/h2-3,9H,4-7H2,1H3,(H,14,17). The molecule has 0 aromatic carbocycles. The van der Waals surface area contributed by atoms with Crippen LogP contribution in [0, 0.1) is 0 Å². The van der Waals surface area contributed by atoms with Crippen molar-refractivity contribution in [2.45, 2.75) is 25.8 Å². The highest BCUT2D eigenvalue weighted by atomic mass is 79.9. The molecule has 1 aliphatic rings. The lowest BCUT2D eigenvalue weighted by Gasteiger charge is -2.31. The Bertz CT molecular complexity index is 453. The lowest BCUT2D eigenvalue weighted by molar-refractivity contribution is -0.129. The summed E-state index contributed by atoms with van der Waals surface area (Å²) in [5.74, 6) is 0.0916. The smallest absolute Gasteiger partial charge is 0.261 e. The van der Waals surface area contributed by atoms with Gasteiger partial charge in [-0.15, -0.1) is 11.3 Å². The molecule has 0 radical (unpaired) electrons. The van der Waals surface area contributed by atoms with E-state index in [0.29, 0.717) is 0 Å². The van der Waals surface area contributed by atoms with Crippen LogP contribution in [0.3, 0.4) is 0 Å². The zero-order valence-corrected chi connectivity index (χ0v) is 12.5. The number of nitrogens with zero attached hydrogens (tertiary/aromatic N) is 1. The van der Waals surface area contributed by atoms with E-state index >= 15 is 0 Å². The molecule has 4 nitrogen and oxygen atoms in total. The molecule has 2 heterocycles. The maximum atomic E-state index is 11.9. The lowest BCUT2D eigenvalue weighted by atomic mass is 10.0. The van der Waals surface area contributed by atoms with Crippen molar-refractivity contribution in [1.82, 2.24) is 10.2 Å². The number of carbonyl (C=O) groups excluding carboxylic acids is 2. The van der Waals surface area contributed by atoms with Gasteiger partial charge in [0.15, 0.2) is 0 Å². The second kappa shape index (κ2) is 5.84. The van der Waals surface area contributed by atoms with Crippen LogP contribution in [-0.2, 0) is 4.79 Å². The number of carbonyl (C=O) groups is 2. The molecule has 98 valence electrons. The number of thiophene rings is 1. The zero-order valence-electron chi connectivity index (χ0n) is 10.1. The fourth-order valence-electron chi connectivity index (χ4n) is 2.03. The maximum Gasteiger partial charge on any atom is 0.261 e. The molecular weight excluding hydrogens is 316 g/mol. The van der Waals surface area contributed by atoms with Crippen LogP contribution in [0.25, 0.3) is 0 Å². The van der Waals surface area contributed by atoms with Crippen molar-refractivity contribution < 1.29 is 9.59 Å². The van der Waals surface area contributed by atoms with Gasteiger partial charge in [0.1, 0.15) is 0 Å². The van der Waals surface area contributed by atoms with Crippen LogP contribution < -0.4 is 5.32 Å². The van der Waals surface area contributed by atoms with E-state index in [2.05, 4.69) is 21.2 Å². The number of rotatable bonds is 2. The van der Waals surface area contributed by atoms with Gasteiger partial charge < -0.3 is 10.2 Å². The molecule has 0 spiro atoms. The Labute approximate surface area is 118 Å².